The normalized spacial score (nSPS) is 29.7. The van der Waals surface area contributed by atoms with Gasteiger partial charge in [-0.1, -0.05) is 6.07 Å². The Morgan fingerprint density at radius 3 is 2.51 bits per heavy atom. The van der Waals surface area contributed by atoms with Crippen LogP contribution in [0.1, 0.15) is 61.8 Å². The van der Waals surface area contributed by atoms with Gasteiger partial charge in [-0.15, -0.1) is 0 Å². The van der Waals surface area contributed by atoms with Crippen LogP contribution < -0.4 is 5.32 Å². The van der Waals surface area contributed by atoms with Crippen molar-refractivity contribution in [3.8, 4) is 0 Å². The summed E-state index contributed by atoms with van der Waals surface area (Å²) >= 11 is 0. The zero-order valence-electron chi connectivity index (χ0n) is 20.0. The molecule has 9 heteroatoms. The first-order valence-corrected chi connectivity index (χ1v) is 14.0. The van der Waals surface area contributed by atoms with Crippen molar-refractivity contribution in [2.75, 3.05) is 11.9 Å². The molecule has 4 aliphatic carbocycles. The number of aryl methyl sites for hydroxylation is 1. The summed E-state index contributed by atoms with van der Waals surface area (Å²) < 4.78 is 41.6. The van der Waals surface area contributed by atoms with E-state index in [1.165, 1.54) is 61.3 Å². The molecule has 35 heavy (non-hydrogen) atoms. The smallest absolute Gasteiger partial charge is 0.243 e. The standard InChI is InChI=1S/C26H31FN4O3S/c1-16-2-3-20(27)9-23(16)35(33,34)31-5-4-21-22(14-31)28-15-29-25(21)30-24(32)13-26-10-17-6-18(11-26)8-19(7-17)12-26/h2-3,9,15,17-19H,4-8,10-14H2,1H3,(H,28,29,30,32). The van der Waals surface area contributed by atoms with Crippen molar-refractivity contribution in [2.24, 2.45) is 23.2 Å². The van der Waals surface area contributed by atoms with E-state index in [1.54, 1.807) is 6.92 Å². The van der Waals surface area contributed by atoms with E-state index in [0.29, 0.717) is 29.9 Å². The summed E-state index contributed by atoms with van der Waals surface area (Å²) in [6, 6.07) is 3.79. The predicted octanol–water partition coefficient (Wildman–Crippen LogP) is 4.22. The highest BCUT2D eigenvalue weighted by Crippen LogP contribution is 2.61. The van der Waals surface area contributed by atoms with Crippen LogP contribution in [-0.4, -0.2) is 35.1 Å². The summed E-state index contributed by atoms with van der Waals surface area (Å²) in [5.41, 5.74) is 2.00. The molecule has 5 aliphatic rings. The largest absolute Gasteiger partial charge is 0.310 e. The quantitative estimate of drug-likeness (QED) is 0.667. The lowest BCUT2D eigenvalue weighted by atomic mass is 9.49. The molecule has 4 saturated carbocycles. The fraction of sp³-hybridized carbons (Fsp3) is 0.577. The van der Waals surface area contributed by atoms with Gasteiger partial charge in [-0.05, 0) is 92.7 Å². The third-order valence-electron chi connectivity index (χ3n) is 8.70. The van der Waals surface area contributed by atoms with E-state index in [-0.39, 0.29) is 29.3 Å². The first kappa shape index (κ1) is 23.0. The van der Waals surface area contributed by atoms with E-state index in [4.69, 9.17) is 0 Å². The van der Waals surface area contributed by atoms with Crippen LogP contribution in [0.5, 0.6) is 0 Å². The molecule has 4 bridgehead atoms. The number of halogens is 1. The first-order chi connectivity index (χ1) is 16.7. The van der Waals surface area contributed by atoms with Crippen molar-refractivity contribution >= 4 is 21.7 Å². The molecule has 0 unspecified atom stereocenters. The van der Waals surface area contributed by atoms with Gasteiger partial charge in [0, 0.05) is 18.5 Å². The number of nitrogens with one attached hydrogen (secondary N) is 1. The zero-order chi connectivity index (χ0) is 24.4. The van der Waals surface area contributed by atoms with Crippen LogP contribution in [0, 0.1) is 35.9 Å². The Morgan fingerprint density at radius 2 is 1.83 bits per heavy atom. The van der Waals surface area contributed by atoms with E-state index >= 15 is 0 Å². The summed E-state index contributed by atoms with van der Waals surface area (Å²) in [6.07, 6.45) is 9.83. The molecule has 2 heterocycles. The molecule has 0 spiro atoms. The number of amides is 1. The van der Waals surface area contributed by atoms with Gasteiger partial charge in [-0.2, -0.15) is 4.31 Å². The minimum atomic E-state index is -3.88. The van der Waals surface area contributed by atoms with Crippen LogP contribution in [0.3, 0.4) is 0 Å². The molecule has 4 fully saturated rings. The lowest BCUT2D eigenvalue weighted by Gasteiger charge is -2.56. The van der Waals surface area contributed by atoms with Crippen molar-refractivity contribution in [1.82, 2.24) is 14.3 Å². The third kappa shape index (κ3) is 4.16. The Morgan fingerprint density at radius 1 is 1.14 bits per heavy atom. The van der Waals surface area contributed by atoms with Crippen molar-refractivity contribution in [3.63, 3.8) is 0 Å². The topological polar surface area (TPSA) is 92.3 Å². The monoisotopic (exact) mass is 498 g/mol. The fourth-order valence-electron chi connectivity index (χ4n) is 7.66. The molecular formula is C26H31FN4O3S. The zero-order valence-corrected chi connectivity index (χ0v) is 20.8. The summed E-state index contributed by atoms with van der Waals surface area (Å²) in [5, 5.41) is 3.04. The Hall–Kier alpha value is -2.39. The average molecular weight is 499 g/mol. The predicted molar refractivity (Wildman–Crippen MR) is 128 cm³/mol. The minimum absolute atomic E-state index is 0.00159. The van der Waals surface area contributed by atoms with Gasteiger partial charge in [-0.3, -0.25) is 4.79 Å². The maximum atomic E-state index is 13.8. The molecule has 0 radical (unpaired) electrons. The van der Waals surface area contributed by atoms with E-state index in [9.17, 15) is 17.6 Å². The second-order valence-electron chi connectivity index (χ2n) is 11.3. The van der Waals surface area contributed by atoms with Crippen molar-refractivity contribution in [2.45, 2.75) is 69.7 Å². The van der Waals surface area contributed by atoms with Gasteiger partial charge in [0.05, 0.1) is 17.1 Å². The van der Waals surface area contributed by atoms with Crippen LogP contribution in [0.4, 0.5) is 10.2 Å². The average Bonchev–Trinajstić information content (AvgIpc) is 2.79. The third-order valence-corrected chi connectivity index (χ3v) is 10.7. The number of carbonyl (C=O) groups excluding carboxylic acids is 1. The number of hydrogen-bond donors (Lipinski definition) is 1. The fourth-order valence-corrected chi connectivity index (χ4v) is 9.30. The molecule has 1 amide bonds. The Labute approximate surface area is 205 Å². The van der Waals surface area contributed by atoms with Gasteiger partial charge in [0.15, 0.2) is 0 Å². The summed E-state index contributed by atoms with van der Waals surface area (Å²) in [7, 11) is -3.88. The molecule has 7 rings (SSSR count). The minimum Gasteiger partial charge on any atom is -0.310 e. The van der Waals surface area contributed by atoms with Crippen molar-refractivity contribution in [1.29, 1.82) is 0 Å². The van der Waals surface area contributed by atoms with Crippen LogP contribution in [-0.2, 0) is 27.8 Å². The maximum Gasteiger partial charge on any atom is 0.243 e. The number of nitrogens with zero attached hydrogens (tertiary/aromatic N) is 3. The molecule has 0 atom stereocenters. The van der Waals surface area contributed by atoms with E-state index in [1.807, 2.05) is 0 Å². The van der Waals surface area contributed by atoms with Gasteiger partial charge in [0.2, 0.25) is 15.9 Å². The number of aromatic nitrogens is 2. The number of rotatable bonds is 5. The Balaban J connectivity index is 1.18. The lowest BCUT2D eigenvalue weighted by Crippen LogP contribution is -2.47. The van der Waals surface area contributed by atoms with Gasteiger partial charge in [0.25, 0.3) is 0 Å². The second kappa shape index (κ2) is 8.34. The Bertz CT molecular complexity index is 1260. The maximum absolute atomic E-state index is 13.8. The molecule has 2 aromatic rings. The molecule has 1 aromatic heterocycles. The Kier molecular flexibility index (Phi) is 5.49. The molecule has 1 aromatic carbocycles. The van der Waals surface area contributed by atoms with Gasteiger partial charge >= 0.3 is 0 Å². The van der Waals surface area contributed by atoms with Crippen LogP contribution in [0.2, 0.25) is 0 Å². The number of fused-ring (bicyclic) bond motifs is 1. The summed E-state index contributed by atoms with van der Waals surface area (Å²) in [4.78, 5) is 21.8. The molecular weight excluding hydrogens is 467 g/mol. The molecule has 186 valence electrons. The molecule has 0 saturated heterocycles. The highest BCUT2D eigenvalue weighted by Gasteiger charge is 2.51. The first-order valence-electron chi connectivity index (χ1n) is 12.6. The number of carbonyl (C=O) groups is 1. The van der Waals surface area contributed by atoms with Gasteiger partial charge in [-0.25, -0.2) is 22.8 Å². The number of hydrogen-bond acceptors (Lipinski definition) is 5. The summed E-state index contributed by atoms with van der Waals surface area (Å²) in [5.74, 6) is 2.27. The van der Waals surface area contributed by atoms with Gasteiger partial charge in [0.1, 0.15) is 18.0 Å². The second-order valence-corrected chi connectivity index (χ2v) is 13.2. The summed E-state index contributed by atoms with van der Waals surface area (Å²) in [6.45, 7) is 1.94. The van der Waals surface area contributed by atoms with Crippen LogP contribution >= 0.6 is 0 Å². The highest BCUT2D eigenvalue weighted by atomic mass is 32.2. The molecule has 1 aliphatic heterocycles. The van der Waals surface area contributed by atoms with E-state index in [2.05, 4.69) is 15.3 Å². The number of anilines is 1. The van der Waals surface area contributed by atoms with Gasteiger partial charge < -0.3 is 5.32 Å². The van der Waals surface area contributed by atoms with Crippen molar-refractivity contribution < 1.29 is 17.6 Å². The lowest BCUT2D eigenvalue weighted by molar-refractivity contribution is -0.124. The van der Waals surface area contributed by atoms with Crippen LogP contribution in [0.25, 0.3) is 0 Å². The van der Waals surface area contributed by atoms with E-state index in [0.717, 1.165) is 29.4 Å². The molecule has 1 N–H and O–H groups in total. The van der Waals surface area contributed by atoms with Crippen molar-refractivity contribution in [3.05, 3.63) is 47.2 Å². The highest BCUT2D eigenvalue weighted by molar-refractivity contribution is 7.89. The number of benzene rings is 1. The molecule has 7 nitrogen and oxygen atoms in total. The number of sulfonamides is 1. The SMILES string of the molecule is Cc1ccc(F)cc1S(=O)(=O)N1CCc2c(ncnc2NC(=O)CC23CC4CC(CC(C4)C2)C3)C1. The van der Waals surface area contributed by atoms with Crippen LogP contribution in [0.15, 0.2) is 29.4 Å². The van der Waals surface area contributed by atoms with E-state index < -0.39 is 15.8 Å².